The Morgan fingerprint density at radius 3 is 2.33 bits per heavy atom. The van der Waals surface area contributed by atoms with Gasteiger partial charge in [0.25, 0.3) is 11.8 Å². The summed E-state index contributed by atoms with van der Waals surface area (Å²) in [5.41, 5.74) is 7.49. The van der Waals surface area contributed by atoms with Crippen molar-refractivity contribution in [3.63, 3.8) is 0 Å². The number of H-pyrrole nitrogens is 1. The molecular formula is C48H48FN9O6. The minimum Gasteiger partial charge on any atom is -0.371 e. The quantitative estimate of drug-likeness (QED) is 0.128. The van der Waals surface area contributed by atoms with Crippen LogP contribution < -0.4 is 15.5 Å². The first kappa shape index (κ1) is 42.2. The fraction of sp³-hybridized carbons (Fsp3) is 0.333. The number of nitrogens with one attached hydrogen (secondary N) is 3. The molecule has 1 atom stereocenters. The third kappa shape index (κ3) is 7.93. The first-order valence-electron chi connectivity index (χ1n) is 21.4. The van der Waals surface area contributed by atoms with Crippen LogP contribution in [-0.2, 0) is 28.1 Å². The topological polar surface area (TPSA) is 187 Å². The van der Waals surface area contributed by atoms with E-state index in [2.05, 4.69) is 83.2 Å². The summed E-state index contributed by atoms with van der Waals surface area (Å²) >= 11 is 0. The highest BCUT2D eigenvalue weighted by atomic mass is 19.1. The van der Waals surface area contributed by atoms with Crippen LogP contribution in [0.15, 0.2) is 77.3 Å². The molecule has 1 unspecified atom stereocenters. The first-order chi connectivity index (χ1) is 30.6. The van der Waals surface area contributed by atoms with Crippen molar-refractivity contribution in [1.82, 2.24) is 40.8 Å². The second-order valence-electron chi connectivity index (χ2n) is 17.9. The van der Waals surface area contributed by atoms with Crippen LogP contribution in [-0.4, -0.2) is 91.9 Å². The largest absolute Gasteiger partial charge is 0.371 e. The predicted octanol–water partition coefficient (Wildman–Crippen LogP) is 6.46. The van der Waals surface area contributed by atoms with Gasteiger partial charge in [0.1, 0.15) is 11.9 Å². The smallest absolute Gasteiger partial charge is 0.315 e. The van der Waals surface area contributed by atoms with E-state index in [1.54, 1.807) is 0 Å². The van der Waals surface area contributed by atoms with Crippen molar-refractivity contribution in [3.8, 4) is 22.4 Å². The van der Waals surface area contributed by atoms with Crippen LogP contribution in [0, 0.1) is 12.7 Å². The van der Waals surface area contributed by atoms with Gasteiger partial charge in [-0.15, -0.1) is 0 Å². The molecule has 0 saturated carbocycles. The van der Waals surface area contributed by atoms with Gasteiger partial charge < -0.3 is 14.7 Å². The molecule has 0 spiro atoms. The van der Waals surface area contributed by atoms with Crippen LogP contribution in [0.5, 0.6) is 0 Å². The lowest BCUT2D eigenvalue weighted by Crippen LogP contribution is -2.54. The van der Waals surface area contributed by atoms with E-state index < -0.39 is 41.4 Å². The zero-order valence-corrected chi connectivity index (χ0v) is 36.3. The van der Waals surface area contributed by atoms with Gasteiger partial charge in [0.2, 0.25) is 11.8 Å². The Labute approximate surface area is 368 Å². The second-order valence-corrected chi connectivity index (χ2v) is 17.9. The van der Waals surface area contributed by atoms with Crippen molar-refractivity contribution in [1.29, 1.82) is 0 Å². The zero-order chi connectivity index (χ0) is 45.0. The maximum absolute atomic E-state index is 15.9. The minimum absolute atomic E-state index is 0.00748. The van der Waals surface area contributed by atoms with Gasteiger partial charge in [-0.3, -0.25) is 44.2 Å². The number of rotatable bonds is 10. The molecular weight excluding hydrogens is 818 g/mol. The molecule has 2 saturated heterocycles. The number of carbonyl (C=O) groups excluding carboxylic acids is 5. The third-order valence-electron chi connectivity index (χ3n) is 12.6. The number of piperidine rings is 2. The number of aromatic amines is 1. The average Bonchev–Trinajstić information content (AvgIpc) is 4.01. The Bertz CT molecular complexity index is 2850. The minimum atomic E-state index is -1.15. The molecule has 2 fully saturated rings. The molecule has 328 valence electrons. The summed E-state index contributed by atoms with van der Waals surface area (Å²) in [6, 6.07) is 22.9. The molecule has 3 N–H and O–H groups in total. The highest BCUT2D eigenvalue weighted by molar-refractivity contribution is 6.23. The van der Waals surface area contributed by atoms with Crippen molar-refractivity contribution in [2.24, 2.45) is 0 Å². The number of imide groups is 2. The molecule has 2 aromatic heterocycles. The van der Waals surface area contributed by atoms with E-state index in [0.29, 0.717) is 17.9 Å². The molecule has 5 amide bonds. The maximum Gasteiger partial charge on any atom is 0.315 e. The maximum atomic E-state index is 15.9. The molecule has 6 aromatic rings. The van der Waals surface area contributed by atoms with Crippen LogP contribution in [0.4, 0.5) is 10.1 Å². The van der Waals surface area contributed by atoms with E-state index in [4.69, 9.17) is 4.52 Å². The number of anilines is 1. The first-order valence-corrected chi connectivity index (χ1v) is 21.4. The Balaban J connectivity index is 0.812. The van der Waals surface area contributed by atoms with Gasteiger partial charge in [0.15, 0.2) is 5.82 Å². The number of hydrogen-bond donors (Lipinski definition) is 3. The van der Waals surface area contributed by atoms with Gasteiger partial charge in [-0.1, -0.05) is 62.3 Å². The van der Waals surface area contributed by atoms with Crippen molar-refractivity contribution in [3.05, 3.63) is 118 Å². The number of carbonyl (C=O) groups is 5. The molecule has 4 aromatic carbocycles. The number of benzene rings is 4. The van der Waals surface area contributed by atoms with Crippen LogP contribution in [0.2, 0.25) is 0 Å². The number of fused-ring (bicyclic) bond motifs is 2. The lowest BCUT2D eigenvalue weighted by Gasteiger charge is -2.38. The van der Waals surface area contributed by atoms with Gasteiger partial charge >= 0.3 is 11.8 Å². The van der Waals surface area contributed by atoms with Crippen molar-refractivity contribution >= 4 is 46.1 Å². The lowest BCUT2D eigenvalue weighted by molar-refractivity contribution is -0.136. The Morgan fingerprint density at radius 2 is 1.62 bits per heavy atom. The van der Waals surface area contributed by atoms with Gasteiger partial charge in [0, 0.05) is 66.3 Å². The number of aromatic nitrogens is 4. The molecule has 0 radical (unpaired) electrons. The summed E-state index contributed by atoms with van der Waals surface area (Å²) < 4.78 is 21.1. The second kappa shape index (κ2) is 16.6. The summed E-state index contributed by atoms with van der Waals surface area (Å²) in [7, 11) is 1.94. The van der Waals surface area contributed by atoms with E-state index in [1.807, 2.05) is 52.9 Å². The number of aryl methyl sites for hydroxylation is 1. The molecule has 5 heterocycles. The Kier molecular flexibility index (Phi) is 10.9. The number of halogens is 1. The Morgan fingerprint density at radius 1 is 0.906 bits per heavy atom. The van der Waals surface area contributed by atoms with E-state index in [9.17, 15) is 24.0 Å². The summed E-state index contributed by atoms with van der Waals surface area (Å²) in [5.74, 6) is -3.54. The van der Waals surface area contributed by atoms with Gasteiger partial charge in [-0.05, 0) is 91.9 Å². The van der Waals surface area contributed by atoms with Crippen molar-refractivity contribution in [2.45, 2.75) is 84.0 Å². The van der Waals surface area contributed by atoms with E-state index in [1.165, 1.54) is 12.1 Å². The number of hydrogen-bond acceptors (Lipinski definition) is 11. The molecule has 0 bridgehead atoms. The molecule has 3 aliphatic heterocycles. The van der Waals surface area contributed by atoms with Crippen molar-refractivity contribution in [2.75, 3.05) is 25.0 Å². The predicted molar refractivity (Wildman–Crippen MR) is 236 cm³/mol. The van der Waals surface area contributed by atoms with Crippen LogP contribution in [0.25, 0.3) is 33.3 Å². The SMILES string of the molecule is Cc1cc(-c2n[nH]c3ccc(-c4ccc(N5CCC(N(C)Cc6ccc7c(c6F)C(=O)N(C6CCC(=O)NC6=O)C7=O)CC5)cc4)cc23)ccc1CNC(=O)c1nc(C(C)(C)C)no1. The lowest BCUT2D eigenvalue weighted by atomic mass is 9.96. The summed E-state index contributed by atoms with van der Waals surface area (Å²) in [6.45, 7) is 10.0. The van der Waals surface area contributed by atoms with Gasteiger partial charge in [-0.25, -0.2) is 4.39 Å². The fourth-order valence-corrected chi connectivity index (χ4v) is 8.84. The zero-order valence-electron chi connectivity index (χ0n) is 36.3. The van der Waals surface area contributed by atoms with Crippen LogP contribution >= 0.6 is 0 Å². The third-order valence-corrected chi connectivity index (χ3v) is 12.6. The fourth-order valence-electron chi connectivity index (χ4n) is 8.84. The highest BCUT2D eigenvalue weighted by Gasteiger charge is 2.46. The molecule has 9 rings (SSSR count). The summed E-state index contributed by atoms with van der Waals surface area (Å²) in [6.07, 6.45) is 1.69. The highest BCUT2D eigenvalue weighted by Crippen LogP contribution is 2.35. The number of amides is 5. The van der Waals surface area contributed by atoms with E-state index >= 15 is 4.39 Å². The molecule has 0 aliphatic carbocycles. The summed E-state index contributed by atoms with van der Waals surface area (Å²) in [5, 5.41) is 17.8. The van der Waals surface area contributed by atoms with Crippen LogP contribution in [0.3, 0.4) is 0 Å². The van der Waals surface area contributed by atoms with Crippen molar-refractivity contribution < 1.29 is 32.9 Å². The molecule has 15 nitrogen and oxygen atoms in total. The standard InChI is InChI=1S/C48H48FN9O6/c1-26-22-29(6-7-30(26)24-50-43(61)44-52-47(55-64-44)48(2,3)4)41-35-23-28(11-15-36(35)53-54-41)27-8-12-33(13-9-27)57-20-18-32(19-21-57)56(5)25-31-10-14-34-39(40(31)49)46(63)58(45(34)62)37-16-17-38(59)51-42(37)60/h6-15,22-23,32,37H,16-21,24-25H2,1-5H3,(H,50,61)(H,53,54)(H,51,59,60). The molecule has 16 heteroatoms. The summed E-state index contributed by atoms with van der Waals surface area (Å²) in [4.78, 5) is 72.8. The monoisotopic (exact) mass is 865 g/mol. The number of nitrogens with zero attached hydrogens (tertiary/aromatic N) is 6. The Hall–Kier alpha value is -7.07. The molecule has 64 heavy (non-hydrogen) atoms. The van der Waals surface area contributed by atoms with E-state index in [-0.39, 0.29) is 47.9 Å². The van der Waals surface area contributed by atoms with Gasteiger partial charge in [-0.2, -0.15) is 10.1 Å². The van der Waals surface area contributed by atoms with E-state index in [0.717, 1.165) is 80.9 Å². The van der Waals surface area contributed by atoms with Gasteiger partial charge in [0.05, 0.1) is 22.3 Å². The average molecular weight is 866 g/mol. The molecule has 3 aliphatic rings. The normalized spacial score (nSPS) is 17.1. The van der Waals surface area contributed by atoms with Crippen LogP contribution in [0.1, 0.15) is 100 Å².